The van der Waals surface area contributed by atoms with Crippen molar-refractivity contribution in [3.8, 4) is 0 Å². The van der Waals surface area contributed by atoms with E-state index in [4.69, 9.17) is 4.74 Å². The highest BCUT2D eigenvalue weighted by Crippen LogP contribution is 2.20. The van der Waals surface area contributed by atoms with E-state index < -0.39 is 12.1 Å². The van der Waals surface area contributed by atoms with Gasteiger partial charge >= 0.3 is 5.97 Å². The van der Waals surface area contributed by atoms with Crippen molar-refractivity contribution in [2.75, 3.05) is 13.2 Å². The van der Waals surface area contributed by atoms with Gasteiger partial charge in [0.15, 0.2) is 0 Å². The zero-order valence-electron chi connectivity index (χ0n) is 60.7. The summed E-state index contributed by atoms with van der Waals surface area (Å²) < 4.78 is 5.51. The fourth-order valence-corrected chi connectivity index (χ4v) is 13.3. The summed E-state index contributed by atoms with van der Waals surface area (Å²) in [5.41, 5.74) is 0. The number of hydrogen-bond acceptors (Lipinski definition) is 5. The van der Waals surface area contributed by atoms with E-state index in [1.165, 1.54) is 392 Å². The Labute approximate surface area is 558 Å². The van der Waals surface area contributed by atoms with Crippen molar-refractivity contribution in [3.05, 3.63) is 24.3 Å². The van der Waals surface area contributed by atoms with Crippen LogP contribution in [-0.2, 0) is 14.3 Å². The summed E-state index contributed by atoms with van der Waals surface area (Å²) in [7, 11) is 0. The SMILES string of the molecule is CCCCCCCCCCCCCCCCCCCCCCCC(O)C(CO)NC(=O)CCCCCCCCCCCCCCCCCCC/C=C\C/C=C\CCCCCCCCCCCOC(=O)CCCCCCCCCCCCCCCCCCCC. The second-order valence-corrected chi connectivity index (χ2v) is 28.5. The van der Waals surface area contributed by atoms with Gasteiger partial charge in [-0.3, -0.25) is 9.59 Å². The standard InChI is InChI=1S/C83H161NO5/c1-3-5-7-9-11-13-15-17-19-21-23-37-40-43-47-51-55-59-63-67-71-75-81(86)80(79-85)84-82(87)76-72-68-64-60-56-52-48-44-41-38-35-33-31-29-27-25-24-26-28-30-32-34-36-39-42-46-50-54-58-62-66-70-74-78-89-83(88)77-73-69-65-61-57-53-49-45-22-20-18-16-14-12-10-8-6-4-2/h28,30,34,36,80-81,85-86H,3-27,29,31-33,35,37-79H2,1-2H3,(H,84,87)/b30-28-,36-34-. The summed E-state index contributed by atoms with van der Waals surface area (Å²) >= 11 is 0. The smallest absolute Gasteiger partial charge is 0.305 e. The zero-order chi connectivity index (χ0) is 64.2. The largest absolute Gasteiger partial charge is 0.466 e. The second-order valence-electron chi connectivity index (χ2n) is 28.5. The third-order valence-corrected chi connectivity index (χ3v) is 19.5. The number of ether oxygens (including phenoxy) is 1. The highest BCUT2D eigenvalue weighted by Gasteiger charge is 2.20. The second kappa shape index (κ2) is 78.8. The molecule has 6 nitrogen and oxygen atoms in total. The molecule has 0 aliphatic carbocycles. The lowest BCUT2D eigenvalue weighted by atomic mass is 10.0. The number of carbonyl (C=O) groups excluding carboxylic acids is 2. The molecule has 0 bridgehead atoms. The Bertz CT molecular complexity index is 1400. The Morgan fingerprint density at radius 3 is 0.854 bits per heavy atom. The summed E-state index contributed by atoms with van der Waals surface area (Å²) in [6.07, 6.45) is 101. The van der Waals surface area contributed by atoms with Gasteiger partial charge in [-0.2, -0.15) is 0 Å². The molecule has 528 valence electrons. The van der Waals surface area contributed by atoms with Crippen LogP contribution in [0.2, 0.25) is 0 Å². The van der Waals surface area contributed by atoms with Crippen LogP contribution in [0, 0.1) is 0 Å². The third kappa shape index (κ3) is 75.3. The van der Waals surface area contributed by atoms with E-state index in [0.29, 0.717) is 25.9 Å². The Morgan fingerprint density at radius 2 is 0.562 bits per heavy atom. The van der Waals surface area contributed by atoms with E-state index in [1.807, 2.05) is 0 Å². The number of rotatable bonds is 78. The van der Waals surface area contributed by atoms with Gasteiger partial charge in [0.1, 0.15) is 0 Å². The van der Waals surface area contributed by atoms with Crippen LogP contribution in [0.15, 0.2) is 24.3 Å². The lowest BCUT2D eigenvalue weighted by molar-refractivity contribution is -0.143. The van der Waals surface area contributed by atoms with Crippen molar-refractivity contribution in [1.82, 2.24) is 5.32 Å². The molecule has 0 heterocycles. The van der Waals surface area contributed by atoms with E-state index in [2.05, 4.69) is 43.5 Å². The minimum atomic E-state index is -0.664. The molecular weight excluding hydrogens is 1090 g/mol. The molecule has 0 spiro atoms. The third-order valence-electron chi connectivity index (χ3n) is 19.5. The number of unbranched alkanes of at least 4 members (excludes halogenated alkanes) is 63. The number of amides is 1. The molecular formula is C83H161NO5. The molecule has 0 saturated carbocycles. The molecule has 0 aliphatic rings. The van der Waals surface area contributed by atoms with Crippen LogP contribution in [-0.4, -0.2) is 47.4 Å². The van der Waals surface area contributed by atoms with Crippen LogP contribution in [0.4, 0.5) is 0 Å². The van der Waals surface area contributed by atoms with Gasteiger partial charge in [-0.25, -0.2) is 0 Å². The van der Waals surface area contributed by atoms with Crippen molar-refractivity contribution in [3.63, 3.8) is 0 Å². The molecule has 0 saturated heterocycles. The molecule has 0 aromatic heterocycles. The van der Waals surface area contributed by atoms with E-state index in [0.717, 1.165) is 44.9 Å². The molecule has 0 radical (unpaired) electrons. The maximum Gasteiger partial charge on any atom is 0.305 e. The molecule has 2 atom stereocenters. The number of allylic oxidation sites excluding steroid dienone is 4. The normalized spacial score (nSPS) is 12.5. The average molecular weight is 1250 g/mol. The van der Waals surface area contributed by atoms with Gasteiger partial charge in [0.05, 0.1) is 25.4 Å². The van der Waals surface area contributed by atoms with Gasteiger partial charge in [-0.1, -0.05) is 423 Å². The van der Waals surface area contributed by atoms with Crippen LogP contribution in [0.1, 0.15) is 470 Å². The fraction of sp³-hybridized carbons (Fsp3) is 0.928. The van der Waals surface area contributed by atoms with Gasteiger partial charge in [0.25, 0.3) is 0 Å². The lowest BCUT2D eigenvalue weighted by Gasteiger charge is -2.22. The molecule has 0 aliphatic heterocycles. The average Bonchev–Trinajstić information content (AvgIpc) is 3.67. The molecule has 0 aromatic carbocycles. The van der Waals surface area contributed by atoms with E-state index in [-0.39, 0.29) is 18.5 Å². The molecule has 6 heteroatoms. The predicted octanol–water partition coefficient (Wildman–Crippen LogP) is 27.2. The van der Waals surface area contributed by atoms with Gasteiger partial charge in [0.2, 0.25) is 5.91 Å². The number of carbonyl (C=O) groups is 2. The maximum absolute atomic E-state index is 12.6. The Balaban J connectivity index is 3.36. The van der Waals surface area contributed by atoms with Crippen LogP contribution < -0.4 is 5.32 Å². The van der Waals surface area contributed by atoms with Gasteiger partial charge in [-0.05, 0) is 57.8 Å². The minimum absolute atomic E-state index is 0.0198. The van der Waals surface area contributed by atoms with Crippen molar-refractivity contribution in [2.24, 2.45) is 0 Å². The summed E-state index contributed by atoms with van der Waals surface area (Å²) in [6, 6.07) is -0.541. The van der Waals surface area contributed by atoms with Gasteiger partial charge < -0.3 is 20.3 Å². The molecule has 0 aromatic rings. The summed E-state index contributed by atoms with van der Waals surface area (Å²) in [5, 5.41) is 23.5. The summed E-state index contributed by atoms with van der Waals surface area (Å²) in [5.74, 6) is -0.00788. The van der Waals surface area contributed by atoms with E-state index >= 15 is 0 Å². The van der Waals surface area contributed by atoms with Crippen LogP contribution in [0.5, 0.6) is 0 Å². The van der Waals surface area contributed by atoms with Gasteiger partial charge in [-0.15, -0.1) is 0 Å². The highest BCUT2D eigenvalue weighted by atomic mass is 16.5. The summed E-state index contributed by atoms with van der Waals surface area (Å²) in [6.45, 7) is 5.01. The van der Waals surface area contributed by atoms with Crippen LogP contribution in [0.25, 0.3) is 0 Å². The van der Waals surface area contributed by atoms with E-state index in [1.54, 1.807) is 0 Å². The molecule has 1 amide bonds. The van der Waals surface area contributed by atoms with Gasteiger partial charge in [0, 0.05) is 12.8 Å². The number of aliphatic hydroxyl groups excluding tert-OH is 2. The van der Waals surface area contributed by atoms with Crippen LogP contribution in [0.3, 0.4) is 0 Å². The minimum Gasteiger partial charge on any atom is -0.466 e. The Morgan fingerprint density at radius 1 is 0.315 bits per heavy atom. The first-order valence-electron chi connectivity index (χ1n) is 41.1. The first-order chi connectivity index (χ1) is 44.0. The van der Waals surface area contributed by atoms with Crippen LogP contribution >= 0.6 is 0 Å². The molecule has 0 rings (SSSR count). The fourth-order valence-electron chi connectivity index (χ4n) is 13.3. The number of nitrogens with one attached hydrogen (secondary N) is 1. The Kier molecular flexibility index (Phi) is 77.3. The van der Waals surface area contributed by atoms with Crippen molar-refractivity contribution in [1.29, 1.82) is 0 Å². The summed E-state index contributed by atoms with van der Waals surface area (Å²) in [4.78, 5) is 24.7. The van der Waals surface area contributed by atoms with E-state index in [9.17, 15) is 19.8 Å². The quantitative estimate of drug-likeness (QED) is 0.0320. The molecule has 2 unspecified atom stereocenters. The topological polar surface area (TPSA) is 95.9 Å². The zero-order valence-corrected chi connectivity index (χ0v) is 60.7. The molecule has 89 heavy (non-hydrogen) atoms. The number of aliphatic hydroxyl groups is 2. The molecule has 3 N–H and O–H groups in total. The highest BCUT2D eigenvalue weighted by molar-refractivity contribution is 5.76. The lowest BCUT2D eigenvalue weighted by Crippen LogP contribution is -2.45. The van der Waals surface area contributed by atoms with Crippen molar-refractivity contribution < 1.29 is 24.5 Å². The first-order valence-corrected chi connectivity index (χ1v) is 41.1. The Hall–Kier alpha value is -1.66. The monoisotopic (exact) mass is 1250 g/mol. The number of hydrogen-bond donors (Lipinski definition) is 3. The van der Waals surface area contributed by atoms with Crippen molar-refractivity contribution in [2.45, 2.75) is 482 Å². The maximum atomic E-state index is 12.6. The number of esters is 1. The first kappa shape index (κ1) is 87.3. The predicted molar refractivity (Wildman–Crippen MR) is 393 cm³/mol. The molecule has 0 fully saturated rings. The van der Waals surface area contributed by atoms with Crippen molar-refractivity contribution >= 4 is 11.9 Å².